The maximum absolute atomic E-state index is 13.3. The van der Waals surface area contributed by atoms with Gasteiger partial charge in [-0.25, -0.2) is 4.39 Å². The van der Waals surface area contributed by atoms with Crippen LogP contribution in [0.5, 0.6) is 0 Å². The highest BCUT2D eigenvalue weighted by Crippen LogP contribution is 2.27. The zero-order valence-electron chi connectivity index (χ0n) is 10.1. The van der Waals surface area contributed by atoms with Crippen molar-refractivity contribution >= 4 is 11.4 Å². The molecule has 0 amide bonds. The fraction of sp³-hybridized carbons (Fsp3) is 0.200. The first kappa shape index (κ1) is 11.6. The standard InChI is InChI=1S/C15H16FN/c1-12(2)17(14-8-4-3-5-9-14)15-10-6-7-13(16)11-15/h3-12H,1-2H3. The lowest BCUT2D eigenvalue weighted by atomic mass is 10.2. The van der Waals surface area contributed by atoms with Crippen molar-refractivity contribution in [3.63, 3.8) is 0 Å². The van der Waals surface area contributed by atoms with Crippen molar-refractivity contribution < 1.29 is 4.39 Å². The van der Waals surface area contributed by atoms with Gasteiger partial charge in [0.25, 0.3) is 0 Å². The maximum Gasteiger partial charge on any atom is 0.125 e. The summed E-state index contributed by atoms with van der Waals surface area (Å²) in [5.74, 6) is -0.205. The van der Waals surface area contributed by atoms with Gasteiger partial charge >= 0.3 is 0 Å². The Labute approximate surface area is 102 Å². The molecule has 0 saturated heterocycles. The maximum atomic E-state index is 13.3. The average molecular weight is 229 g/mol. The molecule has 0 unspecified atom stereocenters. The number of hydrogen-bond donors (Lipinski definition) is 0. The molecule has 1 nitrogen and oxygen atoms in total. The highest BCUT2D eigenvalue weighted by Gasteiger charge is 2.12. The SMILES string of the molecule is CC(C)N(c1ccccc1)c1cccc(F)c1. The van der Waals surface area contributed by atoms with Crippen LogP contribution in [0.3, 0.4) is 0 Å². The van der Waals surface area contributed by atoms with Gasteiger partial charge < -0.3 is 4.90 Å². The van der Waals surface area contributed by atoms with Gasteiger partial charge in [0.1, 0.15) is 5.82 Å². The summed E-state index contributed by atoms with van der Waals surface area (Å²) in [6.45, 7) is 4.19. The van der Waals surface area contributed by atoms with E-state index in [4.69, 9.17) is 0 Å². The summed E-state index contributed by atoms with van der Waals surface area (Å²) >= 11 is 0. The van der Waals surface area contributed by atoms with Crippen molar-refractivity contribution in [1.82, 2.24) is 0 Å². The molecule has 0 atom stereocenters. The third-order valence-corrected chi connectivity index (χ3v) is 2.64. The van der Waals surface area contributed by atoms with Gasteiger partial charge in [-0.05, 0) is 44.2 Å². The average Bonchev–Trinajstić information content (AvgIpc) is 2.30. The Balaban J connectivity index is 2.43. The lowest BCUT2D eigenvalue weighted by Gasteiger charge is -2.29. The highest BCUT2D eigenvalue weighted by molar-refractivity contribution is 5.63. The van der Waals surface area contributed by atoms with E-state index in [1.54, 1.807) is 12.1 Å². The molecule has 88 valence electrons. The predicted octanol–water partition coefficient (Wildman–Crippen LogP) is 4.37. The third-order valence-electron chi connectivity index (χ3n) is 2.64. The normalized spacial score (nSPS) is 10.6. The molecule has 0 saturated carbocycles. The van der Waals surface area contributed by atoms with Crippen LogP contribution in [0.25, 0.3) is 0 Å². The summed E-state index contributed by atoms with van der Waals surface area (Å²) in [7, 11) is 0. The molecular weight excluding hydrogens is 213 g/mol. The van der Waals surface area contributed by atoms with Gasteiger partial charge in [0.05, 0.1) is 0 Å². The van der Waals surface area contributed by atoms with E-state index in [1.807, 2.05) is 36.4 Å². The Hall–Kier alpha value is -1.83. The quantitative estimate of drug-likeness (QED) is 0.755. The second-order valence-electron chi connectivity index (χ2n) is 4.28. The van der Waals surface area contributed by atoms with Gasteiger partial charge in [-0.3, -0.25) is 0 Å². The fourth-order valence-corrected chi connectivity index (χ4v) is 1.96. The lowest BCUT2D eigenvalue weighted by Crippen LogP contribution is -2.25. The Morgan fingerprint density at radius 2 is 1.53 bits per heavy atom. The van der Waals surface area contributed by atoms with Gasteiger partial charge in [0, 0.05) is 17.4 Å². The molecule has 0 aliphatic carbocycles. The molecule has 0 radical (unpaired) electrons. The molecule has 0 bridgehead atoms. The summed E-state index contributed by atoms with van der Waals surface area (Å²) in [6, 6.07) is 17.0. The number of nitrogens with zero attached hydrogens (tertiary/aromatic N) is 1. The van der Waals surface area contributed by atoms with E-state index >= 15 is 0 Å². The zero-order valence-corrected chi connectivity index (χ0v) is 10.1. The van der Waals surface area contributed by atoms with Crippen LogP contribution in [0.15, 0.2) is 54.6 Å². The van der Waals surface area contributed by atoms with Gasteiger partial charge in [-0.2, -0.15) is 0 Å². The van der Waals surface area contributed by atoms with E-state index in [0.717, 1.165) is 11.4 Å². The van der Waals surface area contributed by atoms with Gasteiger partial charge in [0.2, 0.25) is 0 Å². The zero-order chi connectivity index (χ0) is 12.3. The number of benzene rings is 2. The molecule has 0 aliphatic heterocycles. The summed E-state index contributed by atoms with van der Waals surface area (Å²) in [5.41, 5.74) is 1.96. The van der Waals surface area contributed by atoms with Crippen LogP contribution in [0.4, 0.5) is 15.8 Å². The van der Waals surface area contributed by atoms with Gasteiger partial charge in [0.15, 0.2) is 0 Å². The van der Waals surface area contributed by atoms with Gasteiger partial charge in [-0.15, -0.1) is 0 Å². The Bertz CT molecular complexity index is 479. The Morgan fingerprint density at radius 1 is 0.882 bits per heavy atom. The number of hydrogen-bond acceptors (Lipinski definition) is 1. The molecule has 17 heavy (non-hydrogen) atoms. The fourth-order valence-electron chi connectivity index (χ4n) is 1.96. The topological polar surface area (TPSA) is 3.24 Å². The smallest absolute Gasteiger partial charge is 0.125 e. The van der Waals surface area contributed by atoms with Crippen LogP contribution in [-0.2, 0) is 0 Å². The second-order valence-corrected chi connectivity index (χ2v) is 4.28. The monoisotopic (exact) mass is 229 g/mol. The van der Waals surface area contributed by atoms with Crippen molar-refractivity contribution in [2.45, 2.75) is 19.9 Å². The number of para-hydroxylation sites is 1. The summed E-state index contributed by atoms with van der Waals surface area (Å²) in [6.07, 6.45) is 0. The van der Waals surface area contributed by atoms with Crippen LogP contribution < -0.4 is 4.90 Å². The van der Waals surface area contributed by atoms with Crippen LogP contribution in [0, 0.1) is 5.82 Å². The molecule has 0 fully saturated rings. The number of halogens is 1. The summed E-state index contributed by atoms with van der Waals surface area (Å²) < 4.78 is 13.3. The number of rotatable bonds is 3. The molecule has 0 N–H and O–H groups in total. The largest absolute Gasteiger partial charge is 0.339 e. The van der Waals surface area contributed by atoms with Crippen molar-refractivity contribution in [1.29, 1.82) is 0 Å². The molecule has 2 rings (SSSR count). The minimum Gasteiger partial charge on any atom is -0.339 e. The van der Waals surface area contributed by atoms with Crippen LogP contribution >= 0.6 is 0 Å². The lowest BCUT2D eigenvalue weighted by molar-refractivity contribution is 0.626. The van der Waals surface area contributed by atoms with E-state index in [-0.39, 0.29) is 11.9 Å². The minimum atomic E-state index is -0.205. The van der Waals surface area contributed by atoms with E-state index in [0.29, 0.717) is 0 Å². The second kappa shape index (κ2) is 5.00. The number of anilines is 2. The van der Waals surface area contributed by atoms with Crippen LogP contribution in [0.1, 0.15) is 13.8 Å². The van der Waals surface area contributed by atoms with E-state index in [2.05, 4.69) is 18.7 Å². The highest BCUT2D eigenvalue weighted by atomic mass is 19.1. The first-order chi connectivity index (χ1) is 8.18. The molecule has 0 aliphatic rings. The Morgan fingerprint density at radius 3 is 2.12 bits per heavy atom. The van der Waals surface area contributed by atoms with E-state index < -0.39 is 0 Å². The van der Waals surface area contributed by atoms with Gasteiger partial charge in [-0.1, -0.05) is 24.3 Å². The molecule has 2 heteroatoms. The van der Waals surface area contributed by atoms with Crippen molar-refractivity contribution in [2.75, 3.05) is 4.90 Å². The molecule has 2 aromatic carbocycles. The summed E-state index contributed by atoms with van der Waals surface area (Å²) in [5, 5.41) is 0. The van der Waals surface area contributed by atoms with Crippen LogP contribution in [-0.4, -0.2) is 6.04 Å². The molecule has 0 spiro atoms. The van der Waals surface area contributed by atoms with Crippen molar-refractivity contribution in [3.05, 3.63) is 60.4 Å². The first-order valence-electron chi connectivity index (χ1n) is 5.78. The van der Waals surface area contributed by atoms with Crippen molar-refractivity contribution in [3.8, 4) is 0 Å². The van der Waals surface area contributed by atoms with Crippen molar-refractivity contribution in [2.24, 2.45) is 0 Å². The van der Waals surface area contributed by atoms with E-state index in [1.165, 1.54) is 6.07 Å². The molecular formula is C15H16FN. The third kappa shape index (κ3) is 2.64. The molecule has 0 heterocycles. The molecule has 0 aromatic heterocycles. The Kier molecular flexibility index (Phi) is 3.43. The van der Waals surface area contributed by atoms with E-state index in [9.17, 15) is 4.39 Å². The first-order valence-corrected chi connectivity index (χ1v) is 5.78. The molecule has 2 aromatic rings. The predicted molar refractivity (Wildman–Crippen MR) is 70.1 cm³/mol. The summed E-state index contributed by atoms with van der Waals surface area (Å²) in [4.78, 5) is 2.11. The van der Waals surface area contributed by atoms with Crippen LogP contribution in [0.2, 0.25) is 0 Å². The minimum absolute atomic E-state index is 0.205.